The van der Waals surface area contributed by atoms with E-state index in [-0.39, 0.29) is 10.5 Å². The van der Waals surface area contributed by atoms with Crippen LogP contribution >= 0.6 is 11.6 Å². The summed E-state index contributed by atoms with van der Waals surface area (Å²) >= 11 is 5.94. The Labute approximate surface area is 186 Å². The van der Waals surface area contributed by atoms with Crippen molar-refractivity contribution in [3.05, 3.63) is 52.5 Å². The van der Waals surface area contributed by atoms with Gasteiger partial charge in [-0.15, -0.1) is 0 Å². The van der Waals surface area contributed by atoms with Gasteiger partial charge in [-0.05, 0) is 55.7 Å². The van der Waals surface area contributed by atoms with Crippen LogP contribution in [0.2, 0.25) is 5.02 Å². The molecule has 0 atom stereocenters. The summed E-state index contributed by atoms with van der Waals surface area (Å²) in [5, 5.41) is 2.97. The molecule has 1 N–H and O–H groups in total. The third-order valence-corrected chi connectivity index (χ3v) is 7.03. The molecule has 1 aliphatic rings. The zero-order valence-electron chi connectivity index (χ0n) is 17.2. The van der Waals surface area contributed by atoms with E-state index in [2.05, 4.69) is 5.32 Å². The first-order chi connectivity index (χ1) is 14.7. The number of hydrogen-bond acceptors (Lipinski definition) is 6. The summed E-state index contributed by atoms with van der Waals surface area (Å²) in [4.78, 5) is 24.8. The molecule has 1 fully saturated rings. The van der Waals surface area contributed by atoms with E-state index in [0.717, 1.165) is 12.8 Å². The molecule has 3 rings (SSSR count). The first-order valence-corrected chi connectivity index (χ1v) is 11.5. The van der Waals surface area contributed by atoms with E-state index < -0.39 is 28.5 Å². The van der Waals surface area contributed by atoms with Crippen LogP contribution in [-0.4, -0.2) is 51.4 Å². The fourth-order valence-electron chi connectivity index (χ4n) is 3.23. The number of carbonyl (C=O) groups excluding carboxylic acids is 2. The monoisotopic (exact) mass is 466 g/mol. The SMILES string of the molecule is COc1ccc(Cl)cc1NC(=O)COC(=O)c1cc(S(=O)(=O)N2CCCC2)ccc1C. The number of ether oxygens (including phenoxy) is 2. The molecule has 0 aliphatic carbocycles. The molecule has 0 bridgehead atoms. The minimum Gasteiger partial charge on any atom is -0.495 e. The Bertz CT molecular complexity index is 1100. The minimum absolute atomic E-state index is 0.0278. The van der Waals surface area contributed by atoms with Crippen molar-refractivity contribution < 1.29 is 27.5 Å². The van der Waals surface area contributed by atoms with Crippen LogP contribution in [0.5, 0.6) is 5.75 Å². The second-order valence-corrected chi connectivity index (χ2v) is 9.43. The molecule has 0 radical (unpaired) electrons. The van der Waals surface area contributed by atoms with Crippen LogP contribution in [0.4, 0.5) is 5.69 Å². The van der Waals surface area contributed by atoms with Crippen molar-refractivity contribution in [3.63, 3.8) is 0 Å². The average molecular weight is 467 g/mol. The first-order valence-electron chi connectivity index (χ1n) is 9.63. The number of anilines is 1. The Morgan fingerprint density at radius 2 is 1.84 bits per heavy atom. The molecule has 0 unspecified atom stereocenters. The molecular weight excluding hydrogens is 444 g/mol. The highest BCUT2D eigenvalue weighted by Gasteiger charge is 2.28. The zero-order chi connectivity index (χ0) is 22.6. The number of esters is 1. The Morgan fingerprint density at radius 3 is 2.52 bits per heavy atom. The number of nitrogens with zero attached hydrogens (tertiary/aromatic N) is 1. The highest BCUT2D eigenvalue weighted by molar-refractivity contribution is 7.89. The van der Waals surface area contributed by atoms with Crippen LogP contribution in [0.3, 0.4) is 0 Å². The lowest BCUT2D eigenvalue weighted by Crippen LogP contribution is -2.28. The van der Waals surface area contributed by atoms with Crippen LogP contribution in [0.1, 0.15) is 28.8 Å². The molecule has 0 saturated carbocycles. The molecule has 1 aliphatic heterocycles. The van der Waals surface area contributed by atoms with Gasteiger partial charge in [-0.2, -0.15) is 4.31 Å². The second kappa shape index (κ2) is 9.67. The van der Waals surface area contributed by atoms with Gasteiger partial charge in [0.1, 0.15) is 5.75 Å². The summed E-state index contributed by atoms with van der Waals surface area (Å²) in [7, 11) is -2.23. The minimum atomic E-state index is -3.68. The van der Waals surface area contributed by atoms with Gasteiger partial charge in [0.05, 0.1) is 23.3 Å². The fourth-order valence-corrected chi connectivity index (χ4v) is 4.95. The third kappa shape index (κ3) is 5.36. The highest BCUT2D eigenvalue weighted by atomic mass is 35.5. The molecule has 2 aromatic rings. The van der Waals surface area contributed by atoms with Crippen LogP contribution in [0.15, 0.2) is 41.3 Å². The fraction of sp³-hybridized carbons (Fsp3) is 0.333. The van der Waals surface area contributed by atoms with Crippen molar-refractivity contribution in [2.24, 2.45) is 0 Å². The molecule has 31 heavy (non-hydrogen) atoms. The number of hydrogen-bond donors (Lipinski definition) is 1. The van der Waals surface area contributed by atoms with Crippen LogP contribution in [-0.2, 0) is 19.6 Å². The van der Waals surface area contributed by atoms with Crippen molar-refractivity contribution in [3.8, 4) is 5.75 Å². The number of halogens is 1. The topological polar surface area (TPSA) is 102 Å². The summed E-state index contributed by atoms with van der Waals surface area (Å²) in [5.74, 6) is -0.976. The molecule has 1 heterocycles. The summed E-state index contributed by atoms with van der Waals surface area (Å²) in [6.45, 7) is 2.03. The largest absolute Gasteiger partial charge is 0.495 e. The lowest BCUT2D eigenvalue weighted by Gasteiger charge is -2.16. The van der Waals surface area contributed by atoms with E-state index >= 15 is 0 Å². The number of rotatable bonds is 7. The molecule has 10 heteroatoms. The Hall–Kier alpha value is -2.62. The zero-order valence-corrected chi connectivity index (χ0v) is 18.8. The first kappa shape index (κ1) is 23.1. The van der Waals surface area contributed by atoms with Crippen molar-refractivity contribution in [2.75, 3.05) is 32.1 Å². The van der Waals surface area contributed by atoms with Gasteiger partial charge in [-0.1, -0.05) is 17.7 Å². The van der Waals surface area contributed by atoms with Gasteiger partial charge in [0.25, 0.3) is 5.91 Å². The van der Waals surface area contributed by atoms with Gasteiger partial charge in [0.2, 0.25) is 10.0 Å². The van der Waals surface area contributed by atoms with Gasteiger partial charge >= 0.3 is 5.97 Å². The van der Waals surface area contributed by atoms with Crippen molar-refractivity contribution >= 4 is 39.2 Å². The van der Waals surface area contributed by atoms with Gasteiger partial charge < -0.3 is 14.8 Å². The summed E-state index contributed by atoms with van der Waals surface area (Å²) < 4.78 is 37.2. The van der Waals surface area contributed by atoms with E-state index in [1.54, 1.807) is 25.1 Å². The molecular formula is C21H23ClN2O6S. The maximum Gasteiger partial charge on any atom is 0.338 e. The maximum atomic E-state index is 12.8. The number of benzene rings is 2. The highest BCUT2D eigenvalue weighted by Crippen LogP contribution is 2.27. The van der Waals surface area contributed by atoms with Crippen molar-refractivity contribution in [1.29, 1.82) is 0 Å². The summed E-state index contributed by atoms with van der Waals surface area (Å²) in [6, 6.07) is 9.04. The van der Waals surface area contributed by atoms with E-state index in [1.807, 2.05) is 0 Å². The lowest BCUT2D eigenvalue weighted by atomic mass is 10.1. The molecule has 0 spiro atoms. The van der Waals surface area contributed by atoms with Crippen molar-refractivity contribution in [1.82, 2.24) is 4.31 Å². The number of sulfonamides is 1. The van der Waals surface area contributed by atoms with E-state index in [9.17, 15) is 18.0 Å². The smallest absolute Gasteiger partial charge is 0.338 e. The number of aryl methyl sites for hydroxylation is 1. The van der Waals surface area contributed by atoms with Crippen molar-refractivity contribution in [2.45, 2.75) is 24.7 Å². The number of nitrogens with one attached hydrogen (secondary N) is 1. The number of amides is 1. The Kier molecular flexibility index (Phi) is 7.19. The van der Waals surface area contributed by atoms with Gasteiger partial charge in [-0.25, -0.2) is 13.2 Å². The van der Waals surface area contributed by atoms with E-state index in [4.69, 9.17) is 21.1 Å². The molecule has 8 nitrogen and oxygen atoms in total. The summed E-state index contributed by atoms with van der Waals surface area (Å²) in [6.07, 6.45) is 1.62. The van der Waals surface area contributed by atoms with E-state index in [0.29, 0.717) is 35.1 Å². The summed E-state index contributed by atoms with van der Waals surface area (Å²) in [5.41, 5.74) is 0.974. The van der Waals surface area contributed by atoms with Crippen LogP contribution in [0, 0.1) is 6.92 Å². The van der Waals surface area contributed by atoms with Gasteiger partial charge in [0, 0.05) is 18.1 Å². The maximum absolute atomic E-state index is 12.8. The van der Waals surface area contributed by atoms with Gasteiger partial charge in [-0.3, -0.25) is 4.79 Å². The molecule has 166 valence electrons. The average Bonchev–Trinajstić information content (AvgIpc) is 3.28. The van der Waals surface area contributed by atoms with Crippen LogP contribution in [0.25, 0.3) is 0 Å². The standard InChI is InChI=1S/C21H23ClN2O6S/c1-14-5-7-16(31(27,28)24-9-3-4-10-24)12-17(14)21(26)30-13-20(25)23-18-11-15(22)6-8-19(18)29-2/h5-8,11-12H,3-4,9-10,13H2,1-2H3,(H,23,25). The Morgan fingerprint density at radius 1 is 1.13 bits per heavy atom. The Balaban J connectivity index is 1.69. The lowest BCUT2D eigenvalue weighted by molar-refractivity contribution is -0.119. The second-order valence-electron chi connectivity index (χ2n) is 7.06. The molecule has 2 aromatic carbocycles. The van der Waals surface area contributed by atoms with Crippen LogP contribution < -0.4 is 10.1 Å². The predicted octanol–water partition coefficient (Wildman–Crippen LogP) is 3.24. The predicted molar refractivity (Wildman–Crippen MR) is 116 cm³/mol. The molecule has 1 amide bonds. The van der Waals surface area contributed by atoms with Gasteiger partial charge in [0.15, 0.2) is 6.61 Å². The number of carbonyl (C=O) groups is 2. The quantitative estimate of drug-likeness (QED) is 0.628. The molecule has 0 aromatic heterocycles. The normalized spacial score (nSPS) is 14.3. The third-order valence-electron chi connectivity index (χ3n) is 4.90. The van der Waals surface area contributed by atoms with E-state index in [1.165, 1.54) is 29.6 Å². The number of methoxy groups -OCH3 is 1. The molecule has 1 saturated heterocycles.